The van der Waals surface area contributed by atoms with E-state index in [9.17, 15) is 0 Å². The summed E-state index contributed by atoms with van der Waals surface area (Å²) in [4.78, 5) is 0. The first-order valence-corrected chi connectivity index (χ1v) is 4.11. The van der Waals surface area contributed by atoms with E-state index in [1.54, 1.807) is 0 Å². The Morgan fingerprint density at radius 2 is 2.36 bits per heavy atom. The van der Waals surface area contributed by atoms with Crippen molar-refractivity contribution in [2.75, 3.05) is 13.1 Å². The van der Waals surface area contributed by atoms with Crippen LogP contribution in [0.4, 0.5) is 0 Å². The molecule has 1 rings (SSSR count). The molecule has 11 heavy (non-hydrogen) atoms. The van der Waals surface area contributed by atoms with Gasteiger partial charge in [-0.25, -0.2) is 0 Å². The smallest absolute Gasteiger partial charge is 0.0578 e. The van der Waals surface area contributed by atoms with Crippen LogP contribution in [0, 0.1) is 18.3 Å². The van der Waals surface area contributed by atoms with Gasteiger partial charge in [-0.1, -0.05) is 5.92 Å². The van der Waals surface area contributed by atoms with E-state index < -0.39 is 0 Å². The second kappa shape index (κ2) is 3.25. The Kier molecular flexibility index (Phi) is 2.53. The van der Waals surface area contributed by atoms with E-state index in [0.29, 0.717) is 13.1 Å². The van der Waals surface area contributed by atoms with Gasteiger partial charge in [0, 0.05) is 12.1 Å². The van der Waals surface area contributed by atoms with Gasteiger partial charge in [-0.3, -0.25) is 5.32 Å². The first kappa shape index (κ1) is 8.58. The topological polar surface area (TPSA) is 38.0 Å². The van der Waals surface area contributed by atoms with E-state index in [0.717, 1.165) is 5.92 Å². The highest BCUT2D eigenvalue weighted by Crippen LogP contribution is 2.38. The third-order valence-corrected chi connectivity index (χ3v) is 2.50. The van der Waals surface area contributed by atoms with Crippen LogP contribution in [-0.4, -0.2) is 18.6 Å². The summed E-state index contributed by atoms with van der Waals surface area (Å²) in [6.07, 6.45) is 7.75. The molecule has 62 valence electrons. The quantitative estimate of drug-likeness (QED) is 0.570. The van der Waals surface area contributed by atoms with Gasteiger partial charge in [-0.2, -0.15) is 0 Å². The highest BCUT2D eigenvalue weighted by Gasteiger charge is 2.39. The van der Waals surface area contributed by atoms with Crippen LogP contribution in [0.2, 0.25) is 0 Å². The van der Waals surface area contributed by atoms with Gasteiger partial charge in [0.1, 0.15) is 0 Å². The summed E-state index contributed by atoms with van der Waals surface area (Å²) in [6, 6.07) is 0. The van der Waals surface area contributed by atoms with E-state index in [-0.39, 0.29) is 5.54 Å². The number of hydrogen-bond donors (Lipinski definition) is 2. The molecule has 0 radical (unpaired) electrons. The zero-order valence-electron chi connectivity index (χ0n) is 7.06. The van der Waals surface area contributed by atoms with E-state index in [1.165, 1.54) is 12.8 Å². The van der Waals surface area contributed by atoms with E-state index in [4.69, 9.17) is 12.2 Å². The van der Waals surface area contributed by atoms with Crippen LogP contribution in [0.1, 0.15) is 19.8 Å². The average molecular weight is 152 g/mol. The maximum absolute atomic E-state index is 5.66. The van der Waals surface area contributed by atoms with Crippen LogP contribution in [-0.2, 0) is 0 Å². The molecule has 1 unspecified atom stereocenters. The minimum Gasteiger partial charge on any atom is -0.329 e. The fraction of sp³-hybridized carbons (Fsp3) is 0.778. The van der Waals surface area contributed by atoms with Crippen LogP contribution in [0.15, 0.2) is 0 Å². The fourth-order valence-corrected chi connectivity index (χ4v) is 1.36. The van der Waals surface area contributed by atoms with Gasteiger partial charge in [0.05, 0.1) is 6.54 Å². The zero-order chi connectivity index (χ0) is 8.32. The summed E-state index contributed by atoms with van der Waals surface area (Å²) < 4.78 is 0. The lowest BCUT2D eigenvalue weighted by atomic mass is 9.96. The molecule has 0 aromatic rings. The third-order valence-electron chi connectivity index (χ3n) is 2.50. The Balaban J connectivity index is 2.39. The van der Waals surface area contributed by atoms with Crippen molar-refractivity contribution >= 4 is 0 Å². The Morgan fingerprint density at radius 1 is 1.73 bits per heavy atom. The van der Waals surface area contributed by atoms with E-state index in [1.807, 2.05) is 0 Å². The van der Waals surface area contributed by atoms with Gasteiger partial charge in [-0.15, -0.1) is 6.42 Å². The van der Waals surface area contributed by atoms with Crippen LogP contribution >= 0.6 is 0 Å². The fourth-order valence-electron chi connectivity index (χ4n) is 1.36. The summed E-state index contributed by atoms with van der Waals surface area (Å²) in [5.41, 5.74) is 5.75. The summed E-state index contributed by atoms with van der Waals surface area (Å²) in [5.74, 6) is 3.32. The number of nitrogens with two attached hydrogens (primary N) is 1. The Labute approximate surface area is 68.5 Å². The molecule has 0 bridgehead atoms. The van der Waals surface area contributed by atoms with Crippen molar-refractivity contribution in [3.05, 3.63) is 0 Å². The predicted molar refractivity (Wildman–Crippen MR) is 47.0 cm³/mol. The first-order chi connectivity index (χ1) is 5.23. The lowest BCUT2D eigenvalue weighted by molar-refractivity contribution is 0.335. The molecule has 0 aromatic heterocycles. The second-order valence-electron chi connectivity index (χ2n) is 3.45. The van der Waals surface area contributed by atoms with Crippen molar-refractivity contribution in [3.63, 3.8) is 0 Å². The predicted octanol–water partition coefficient (Wildman–Crippen LogP) is 0.337. The van der Waals surface area contributed by atoms with Crippen molar-refractivity contribution < 1.29 is 0 Å². The van der Waals surface area contributed by atoms with Gasteiger partial charge in [-0.05, 0) is 25.7 Å². The highest BCUT2D eigenvalue weighted by molar-refractivity contribution is 5.01. The molecule has 1 atom stereocenters. The molecule has 0 aliphatic heterocycles. The van der Waals surface area contributed by atoms with Gasteiger partial charge >= 0.3 is 0 Å². The largest absolute Gasteiger partial charge is 0.329 e. The maximum Gasteiger partial charge on any atom is 0.0578 e. The minimum atomic E-state index is 0.0897. The zero-order valence-corrected chi connectivity index (χ0v) is 7.06. The van der Waals surface area contributed by atoms with Crippen molar-refractivity contribution in [2.45, 2.75) is 25.3 Å². The van der Waals surface area contributed by atoms with E-state index in [2.05, 4.69) is 18.2 Å². The number of terminal acetylenes is 1. The lowest BCUT2D eigenvalue weighted by Gasteiger charge is -2.28. The Bertz CT molecular complexity index is 167. The van der Waals surface area contributed by atoms with Crippen LogP contribution in [0.5, 0.6) is 0 Å². The number of nitrogens with one attached hydrogen (secondary N) is 1. The highest BCUT2D eigenvalue weighted by atomic mass is 15.0. The van der Waals surface area contributed by atoms with E-state index >= 15 is 0 Å². The van der Waals surface area contributed by atoms with Crippen LogP contribution in [0.3, 0.4) is 0 Å². The van der Waals surface area contributed by atoms with Gasteiger partial charge in [0.2, 0.25) is 0 Å². The minimum absolute atomic E-state index is 0.0897. The first-order valence-electron chi connectivity index (χ1n) is 4.11. The molecule has 0 saturated heterocycles. The molecule has 0 spiro atoms. The Hall–Kier alpha value is -0.520. The summed E-state index contributed by atoms with van der Waals surface area (Å²) >= 11 is 0. The van der Waals surface area contributed by atoms with Crippen molar-refractivity contribution in [1.29, 1.82) is 0 Å². The molecular formula is C9H16N2. The molecule has 2 heteroatoms. The van der Waals surface area contributed by atoms with Crippen LogP contribution < -0.4 is 11.1 Å². The summed E-state index contributed by atoms with van der Waals surface area (Å²) in [6.45, 7) is 3.46. The normalized spacial score (nSPS) is 22.3. The molecule has 0 heterocycles. The molecule has 1 aliphatic rings. The molecule has 1 fully saturated rings. The standard InChI is InChI=1S/C9H16N2/c1-3-6-11-9(2,7-10)8-4-5-8/h1,8,11H,4-7,10H2,2H3. The SMILES string of the molecule is C#CCNC(C)(CN)C1CC1. The number of rotatable bonds is 4. The lowest BCUT2D eigenvalue weighted by Crippen LogP contribution is -2.50. The molecule has 0 aromatic carbocycles. The third kappa shape index (κ3) is 1.95. The molecule has 1 aliphatic carbocycles. The molecule has 1 saturated carbocycles. The molecular weight excluding hydrogens is 136 g/mol. The Morgan fingerprint density at radius 3 is 2.73 bits per heavy atom. The second-order valence-corrected chi connectivity index (χ2v) is 3.45. The molecule has 0 amide bonds. The monoisotopic (exact) mass is 152 g/mol. The summed E-state index contributed by atoms with van der Waals surface area (Å²) in [7, 11) is 0. The summed E-state index contributed by atoms with van der Waals surface area (Å²) in [5, 5.41) is 3.30. The molecule has 3 N–H and O–H groups in total. The van der Waals surface area contributed by atoms with Gasteiger partial charge < -0.3 is 5.73 Å². The van der Waals surface area contributed by atoms with Crippen molar-refractivity contribution in [2.24, 2.45) is 11.7 Å². The average Bonchev–Trinajstić information content (AvgIpc) is 2.82. The van der Waals surface area contributed by atoms with Gasteiger partial charge in [0.25, 0.3) is 0 Å². The molecule has 2 nitrogen and oxygen atoms in total. The van der Waals surface area contributed by atoms with Crippen molar-refractivity contribution in [1.82, 2.24) is 5.32 Å². The van der Waals surface area contributed by atoms with Crippen molar-refractivity contribution in [3.8, 4) is 12.3 Å². The van der Waals surface area contributed by atoms with Crippen LogP contribution in [0.25, 0.3) is 0 Å². The van der Waals surface area contributed by atoms with Gasteiger partial charge in [0.15, 0.2) is 0 Å². The number of hydrogen-bond acceptors (Lipinski definition) is 2. The maximum atomic E-state index is 5.66.